The van der Waals surface area contributed by atoms with E-state index in [4.69, 9.17) is 16.1 Å². The standard InChI is InChI=1S/C23H25ClN6O3/c1-2-3-11-29-20-18(26-22(24)27-20)21(31)30(23(29)32)12-7-10-17-25-19(28-33-17)16-13-15(16)14-8-5-4-6-9-14/h4-6,8-9,15-16H,2-3,7,10-13H2,1H3,(H,26,27)/t15-,16+/m1/s1. The number of aromatic amines is 1. The van der Waals surface area contributed by atoms with Crippen LogP contribution in [0.2, 0.25) is 5.28 Å². The molecular formula is C23H25ClN6O3. The molecule has 1 aliphatic rings. The van der Waals surface area contributed by atoms with Crippen molar-refractivity contribution in [2.45, 2.75) is 64.0 Å². The van der Waals surface area contributed by atoms with Crippen LogP contribution < -0.4 is 11.2 Å². The minimum absolute atomic E-state index is 0.0942. The van der Waals surface area contributed by atoms with Gasteiger partial charge in [0.05, 0.1) is 0 Å². The fourth-order valence-electron chi connectivity index (χ4n) is 4.31. The molecule has 0 saturated heterocycles. The first-order chi connectivity index (χ1) is 16.1. The van der Waals surface area contributed by atoms with E-state index in [-0.39, 0.29) is 29.0 Å². The minimum Gasteiger partial charge on any atom is -0.339 e. The number of unbranched alkanes of at least 4 members (excludes halogenated alkanes) is 1. The molecular weight excluding hydrogens is 444 g/mol. The van der Waals surface area contributed by atoms with Crippen molar-refractivity contribution in [1.29, 1.82) is 0 Å². The average molecular weight is 469 g/mol. The van der Waals surface area contributed by atoms with Gasteiger partial charge in [-0.25, -0.2) is 4.79 Å². The van der Waals surface area contributed by atoms with Gasteiger partial charge in [0.1, 0.15) is 0 Å². The lowest BCUT2D eigenvalue weighted by Crippen LogP contribution is -2.40. The van der Waals surface area contributed by atoms with Crippen LogP contribution in [-0.4, -0.2) is 29.2 Å². The second-order valence-corrected chi connectivity index (χ2v) is 8.84. The number of fused-ring (bicyclic) bond motifs is 1. The highest BCUT2D eigenvalue weighted by Crippen LogP contribution is 2.53. The summed E-state index contributed by atoms with van der Waals surface area (Å²) in [5, 5.41) is 4.25. The summed E-state index contributed by atoms with van der Waals surface area (Å²) < 4.78 is 8.18. The van der Waals surface area contributed by atoms with Gasteiger partial charge in [0.2, 0.25) is 11.2 Å². The second-order valence-electron chi connectivity index (χ2n) is 8.48. The number of H-pyrrole nitrogens is 1. The number of hydrogen-bond donors (Lipinski definition) is 1. The molecule has 172 valence electrons. The predicted octanol–water partition coefficient (Wildman–Crippen LogP) is 3.63. The highest BCUT2D eigenvalue weighted by atomic mass is 35.5. The molecule has 0 unspecified atom stereocenters. The Bertz CT molecular complexity index is 1390. The summed E-state index contributed by atoms with van der Waals surface area (Å²) in [5.41, 5.74) is 1.05. The van der Waals surface area contributed by atoms with Crippen LogP contribution in [0.5, 0.6) is 0 Å². The molecule has 1 saturated carbocycles. The molecule has 0 spiro atoms. The van der Waals surface area contributed by atoms with Crippen LogP contribution in [0.15, 0.2) is 44.4 Å². The van der Waals surface area contributed by atoms with Gasteiger partial charge in [-0.15, -0.1) is 0 Å². The molecule has 1 fully saturated rings. The molecule has 1 N–H and O–H groups in total. The fourth-order valence-corrected chi connectivity index (χ4v) is 4.49. The monoisotopic (exact) mass is 468 g/mol. The van der Waals surface area contributed by atoms with Gasteiger partial charge in [0.25, 0.3) is 5.56 Å². The number of hydrogen-bond acceptors (Lipinski definition) is 6. The quantitative estimate of drug-likeness (QED) is 0.375. The zero-order chi connectivity index (χ0) is 22.9. The first-order valence-corrected chi connectivity index (χ1v) is 11.7. The second kappa shape index (κ2) is 8.97. The van der Waals surface area contributed by atoms with Crippen LogP contribution in [0, 0.1) is 0 Å². The van der Waals surface area contributed by atoms with E-state index in [0.717, 1.165) is 25.1 Å². The Morgan fingerprint density at radius 3 is 2.67 bits per heavy atom. The largest absolute Gasteiger partial charge is 0.339 e. The summed E-state index contributed by atoms with van der Waals surface area (Å²) in [6, 6.07) is 10.3. The average Bonchev–Trinajstić information content (AvgIpc) is 3.31. The molecule has 2 atom stereocenters. The Morgan fingerprint density at radius 1 is 1.09 bits per heavy atom. The number of benzene rings is 1. The molecule has 0 aliphatic heterocycles. The van der Waals surface area contributed by atoms with Crippen LogP contribution in [-0.2, 0) is 19.5 Å². The predicted molar refractivity (Wildman–Crippen MR) is 124 cm³/mol. The molecule has 10 heteroatoms. The summed E-state index contributed by atoms with van der Waals surface area (Å²) >= 11 is 5.97. The maximum Gasteiger partial charge on any atom is 0.332 e. The third-order valence-electron chi connectivity index (χ3n) is 6.17. The van der Waals surface area contributed by atoms with Crippen molar-refractivity contribution in [2.24, 2.45) is 0 Å². The van der Waals surface area contributed by atoms with Crippen LogP contribution in [0.4, 0.5) is 0 Å². The lowest BCUT2D eigenvalue weighted by Gasteiger charge is -2.10. The Hall–Kier alpha value is -3.20. The lowest BCUT2D eigenvalue weighted by atomic mass is 10.1. The van der Waals surface area contributed by atoms with Crippen molar-refractivity contribution >= 4 is 22.8 Å². The molecule has 1 aromatic carbocycles. The zero-order valence-corrected chi connectivity index (χ0v) is 19.1. The normalized spacial score (nSPS) is 17.6. The van der Waals surface area contributed by atoms with Crippen molar-refractivity contribution < 1.29 is 4.52 Å². The van der Waals surface area contributed by atoms with E-state index in [1.165, 1.54) is 14.7 Å². The Balaban J connectivity index is 1.28. The van der Waals surface area contributed by atoms with Gasteiger partial charge in [0, 0.05) is 25.4 Å². The first-order valence-electron chi connectivity index (χ1n) is 11.3. The van der Waals surface area contributed by atoms with Gasteiger partial charge in [-0.05, 0) is 42.3 Å². The van der Waals surface area contributed by atoms with E-state index >= 15 is 0 Å². The summed E-state index contributed by atoms with van der Waals surface area (Å²) in [7, 11) is 0. The lowest BCUT2D eigenvalue weighted by molar-refractivity contribution is 0.366. The SMILES string of the molecule is CCCCn1c(=O)n(CCCc2nc([C@H]3C[C@@H]3c3ccccc3)no2)c(=O)c2[nH]c(Cl)nc21. The molecule has 3 heterocycles. The molecule has 0 bridgehead atoms. The van der Waals surface area contributed by atoms with E-state index < -0.39 is 5.56 Å². The number of imidazole rings is 1. The number of aryl methyl sites for hydroxylation is 2. The molecule has 33 heavy (non-hydrogen) atoms. The number of nitrogens with one attached hydrogen (secondary N) is 1. The maximum atomic E-state index is 13.0. The summed E-state index contributed by atoms with van der Waals surface area (Å²) in [5.74, 6) is 1.97. The number of nitrogens with zero attached hydrogens (tertiary/aromatic N) is 5. The van der Waals surface area contributed by atoms with Gasteiger partial charge in [0.15, 0.2) is 17.0 Å². The van der Waals surface area contributed by atoms with E-state index in [2.05, 4.69) is 32.2 Å². The molecule has 3 aromatic heterocycles. The number of aromatic nitrogens is 6. The fraction of sp³-hybridized carbons (Fsp3) is 0.435. The third kappa shape index (κ3) is 4.25. The third-order valence-corrected chi connectivity index (χ3v) is 6.35. The van der Waals surface area contributed by atoms with Crippen LogP contribution in [0.3, 0.4) is 0 Å². The van der Waals surface area contributed by atoms with Gasteiger partial charge in [-0.1, -0.05) is 48.8 Å². The number of rotatable bonds is 9. The van der Waals surface area contributed by atoms with E-state index in [0.29, 0.717) is 36.8 Å². The molecule has 0 amide bonds. The van der Waals surface area contributed by atoms with Crippen molar-refractivity contribution in [2.75, 3.05) is 0 Å². The Morgan fingerprint density at radius 2 is 1.88 bits per heavy atom. The smallest absolute Gasteiger partial charge is 0.332 e. The summed E-state index contributed by atoms with van der Waals surface area (Å²) in [6.45, 7) is 2.76. The zero-order valence-electron chi connectivity index (χ0n) is 18.3. The van der Waals surface area contributed by atoms with Gasteiger partial charge in [-0.2, -0.15) is 9.97 Å². The molecule has 5 rings (SSSR count). The topological polar surface area (TPSA) is 112 Å². The van der Waals surface area contributed by atoms with Crippen molar-refractivity contribution in [3.63, 3.8) is 0 Å². The van der Waals surface area contributed by atoms with E-state index in [1.807, 2.05) is 25.1 Å². The van der Waals surface area contributed by atoms with E-state index in [1.54, 1.807) is 0 Å². The highest BCUT2D eigenvalue weighted by molar-refractivity contribution is 6.28. The summed E-state index contributed by atoms with van der Waals surface area (Å²) in [4.78, 5) is 37.4. The first kappa shape index (κ1) is 21.6. The van der Waals surface area contributed by atoms with Crippen molar-refractivity contribution in [1.82, 2.24) is 29.2 Å². The van der Waals surface area contributed by atoms with Crippen LogP contribution in [0.25, 0.3) is 11.2 Å². The van der Waals surface area contributed by atoms with Crippen LogP contribution >= 0.6 is 11.6 Å². The highest BCUT2D eigenvalue weighted by Gasteiger charge is 2.42. The van der Waals surface area contributed by atoms with Crippen LogP contribution in [0.1, 0.15) is 61.7 Å². The minimum atomic E-state index is -0.419. The van der Waals surface area contributed by atoms with Crippen molar-refractivity contribution in [3.05, 3.63) is 73.7 Å². The summed E-state index contributed by atoms with van der Waals surface area (Å²) in [6.07, 6.45) is 3.73. The molecule has 1 aliphatic carbocycles. The Kier molecular flexibility index (Phi) is 5.88. The number of halogens is 1. The molecule has 4 aromatic rings. The van der Waals surface area contributed by atoms with Gasteiger partial charge >= 0.3 is 5.69 Å². The van der Waals surface area contributed by atoms with Gasteiger partial charge < -0.3 is 9.51 Å². The van der Waals surface area contributed by atoms with E-state index in [9.17, 15) is 9.59 Å². The van der Waals surface area contributed by atoms with Gasteiger partial charge in [-0.3, -0.25) is 13.9 Å². The van der Waals surface area contributed by atoms with Crippen molar-refractivity contribution in [3.8, 4) is 0 Å². The molecule has 0 radical (unpaired) electrons. The molecule has 9 nitrogen and oxygen atoms in total. The maximum absolute atomic E-state index is 13.0. The Labute approximate surface area is 194 Å².